The third-order valence-corrected chi connectivity index (χ3v) is 4.93. The fourth-order valence-corrected chi connectivity index (χ4v) is 3.49. The zero-order valence-corrected chi connectivity index (χ0v) is 17.2. The first kappa shape index (κ1) is 19.7. The molecule has 0 radical (unpaired) electrons. The summed E-state index contributed by atoms with van der Waals surface area (Å²) in [6.07, 6.45) is 1.78. The molecular formula is C24H20N2O3S. The van der Waals surface area contributed by atoms with Crippen molar-refractivity contribution in [1.82, 2.24) is 5.32 Å². The highest BCUT2D eigenvalue weighted by Crippen LogP contribution is 2.25. The number of ether oxygens (including phenoxy) is 2. The van der Waals surface area contributed by atoms with Crippen LogP contribution in [0.15, 0.2) is 84.6 Å². The molecule has 1 aliphatic rings. The molecule has 1 N–H and O–H groups in total. The summed E-state index contributed by atoms with van der Waals surface area (Å²) in [6.45, 7) is 0.347. The van der Waals surface area contributed by atoms with Gasteiger partial charge in [-0.1, -0.05) is 42.5 Å². The molecule has 1 amide bonds. The molecule has 1 aliphatic heterocycles. The second-order valence-corrected chi connectivity index (χ2v) is 7.02. The Kier molecular flexibility index (Phi) is 5.77. The molecule has 5 nitrogen and oxygen atoms in total. The van der Waals surface area contributed by atoms with Gasteiger partial charge in [0, 0.05) is 5.56 Å². The maximum atomic E-state index is 12.9. The van der Waals surface area contributed by atoms with E-state index in [1.807, 2.05) is 78.9 Å². The van der Waals surface area contributed by atoms with Gasteiger partial charge in [0.05, 0.1) is 12.8 Å². The van der Waals surface area contributed by atoms with Crippen molar-refractivity contribution in [2.75, 3.05) is 12.0 Å². The number of nitrogens with zero attached hydrogens (tertiary/aromatic N) is 1. The summed E-state index contributed by atoms with van der Waals surface area (Å²) < 4.78 is 11.3. The van der Waals surface area contributed by atoms with Crippen LogP contribution in [0.4, 0.5) is 5.69 Å². The molecule has 1 saturated heterocycles. The molecule has 0 saturated carbocycles. The number of hydrogen-bond acceptors (Lipinski definition) is 4. The van der Waals surface area contributed by atoms with Crippen LogP contribution < -0.4 is 19.7 Å². The van der Waals surface area contributed by atoms with Gasteiger partial charge in [-0.3, -0.25) is 9.69 Å². The highest BCUT2D eigenvalue weighted by molar-refractivity contribution is 7.80. The van der Waals surface area contributed by atoms with Gasteiger partial charge in [0.1, 0.15) is 23.8 Å². The van der Waals surface area contributed by atoms with Crippen LogP contribution in [-0.2, 0) is 11.4 Å². The van der Waals surface area contributed by atoms with Crippen molar-refractivity contribution in [3.05, 3.63) is 95.7 Å². The number of methoxy groups -OCH3 is 1. The first-order valence-corrected chi connectivity index (χ1v) is 9.83. The van der Waals surface area contributed by atoms with Gasteiger partial charge in [-0.2, -0.15) is 0 Å². The molecule has 4 rings (SSSR count). The van der Waals surface area contributed by atoms with E-state index in [4.69, 9.17) is 21.7 Å². The number of rotatable bonds is 6. The minimum absolute atomic E-state index is 0.191. The van der Waals surface area contributed by atoms with Gasteiger partial charge in [-0.25, -0.2) is 0 Å². The zero-order valence-electron chi connectivity index (χ0n) is 16.4. The van der Waals surface area contributed by atoms with Gasteiger partial charge >= 0.3 is 0 Å². The Morgan fingerprint density at radius 1 is 1.00 bits per heavy atom. The minimum Gasteiger partial charge on any atom is -0.496 e. The summed E-state index contributed by atoms with van der Waals surface area (Å²) in [5.41, 5.74) is 2.87. The van der Waals surface area contributed by atoms with Crippen molar-refractivity contribution < 1.29 is 14.3 Å². The number of benzene rings is 3. The molecule has 1 heterocycles. The largest absolute Gasteiger partial charge is 0.496 e. The van der Waals surface area contributed by atoms with Gasteiger partial charge < -0.3 is 14.8 Å². The Morgan fingerprint density at radius 2 is 1.70 bits per heavy atom. The Morgan fingerprint density at radius 3 is 2.40 bits per heavy atom. The normalized spacial score (nSPS) is 14.7. The summed E-state index contributed by atoms with van der Waals surface area (Å²) in [4.78, 5) is 14.4. The highest BCUT2D eigenvalue weighted by Gasteiger charge is 2.31. The van der Waals surface area contributed by atoms with Crippen LogP contribution in [0, 0.1) is 0 Å². The molecular weight excluding hydrogens is 396 g/mol. The lowest BCUT2D eigenvalue weighted by Crippen LogP contribution is -2.30. The predicted octanol–water partition coefficient (Wildman–Crippen LogP) is 4.54. The summed E-state index contributed by atoms with van der Waals surface area (Å²) in [5.74, 6) is 1.31. The lowest BCUT2D eigenvalue weighted by atomic mass is 10.1. The lowest BCUT2D eigenvalue weighted by Gasteiger charge is -2.13. The Labute approximate surface area is 180 Å². The summed E-state index contributed by atoms with van der Waals surface area (Å²) in [7, 11) is 1.62. The average molecular weight is 417 g/mol. The van der Waals surface area contributed by atoms with E-state index in [-0.39, 0.29) is 5.91 Å². The van der Waals surface area contributed by atoms with E-state index in [1.54, 1.807) is 13.2 Å². The van der Waals surface area contributed by atoms with Crippen molar-refractivity contribution in [3.63, 3.8) is 0 Å². The number of carbonyl (C=O) groups is 1. The smallest absolute Gasteiger partial charge is 0.281 e. The maximum Gasteiger partial charge on any atom is 0.281 e. The van der Waals surface area contributed by atoms with Crippen LogP contribution >= 0.6 is 12.2 Å². The topological polar surface area (TPSA) is 50.8 Å². The number of carbonyl (C=O) groups excluding carboxylic acids is 1. The molecule has 6 heteroatoms. The van der Waals surface area contributed by atoms with Gasteiger partial charge in [0.25, 0.3) is 5.91 Å². The first-order valence-electron chi connectivity index (χ1n) is 9.42. The molecule has 0 bridgehead atoms. The molecule has 0 spiro atoms. The minimum atomic E-state index is -0.191. The molecule has 0 unspecified atom stereocenters. The number of hydrogen-bond donors (Lipinski definition) is 1. The van der Waals surface area contributed by atoms with Crippen LogP contribution in [0.5, 0.6) is 11.5 Å². The Balaban J connectivity index is 1.57. The Bertz CT molecular complexity index is 1100. The molecule has 1 fully saturated rings. The van der Waals surface area contributed by atoms with E-state index < -0.39 is 0 Å². The van der Waals surface area contributed by atoms with Gasteiger partial charge in [0.15, 0.2) is 5.11 Å². The summed E-state index contributed by atoms with van der Waals surface area (Å²) in [5, 5.41) is 3.37. The van der Waals surface area contributed by atoms with Crippen LogP contribution in [0.25, 0.3) is 6.08 Å². The second-order valence-electron chi connectivity index (χ2n) is 6.64. The number of thiocarbonyl (C=S) groups is 1. The van der Waals surface area contributed by atoms with Crippen LogP contribution in [0.2, 0.25) is 0 Å². The second kappa shape index (κ2) is 8.80. The number of anilines is 1. The Hall–Kier alpha value is -3.64. The quantitative estimate of drug-likeness (QED) is 0.472. The molecule has 150 valence electrons. The number of amides is 1. The lowest BCUT2D eigenvalue weighted by molar-refractivity contribution is -0.113. The number of para-hydroxylation sites is 2. The van der Waals surface area contributed by atoms with E-state index in [2.05, 4.69) is 5.32 Å². The third kappa shape index (κ3) is 4.18. The van der Waals surface area contributed by atoms with Crippen molar-refractivity contribution in [2.24, 2.45) is 0 Å². The highest BCUT2D eigenvalue weighted by atomic mass is 32.1. The van der Waals surface area contributed by atoms with E-state index in [9.17, 15) is 4.79 Å². The molecule has 30 heavy (non-hydrogen) atoms. The molecule has 0 aliphatic carbocycles. The van der Waals surface area contributed by atoms with Crippen LogP contribution in [0.3, 0.4) is 0 Å². The molecule has 0 aromatic heterocycles. The fourth-order valence-electron chi connectivity index (χ4n) is 3.19. The first-order chi connectivity index (χ1) is 14.7. The average Bonchev–Trinajstić information content (AvgIpc) is 3.06. The standard InChI is InChI=1S/C24H20N2O3S/c1-28-22-13-12-17(14-18(22)16-29-20-10-6-3-7-11-20)15-21-23(27)26(24(30)25-21)19-8-4-2-5-9-19/h2-15H,16H2,1H3,(H,25,30)/b21-15+. The van der Waals surface area contributed by atoms with E-state index >= 15 is 0 Å². The van der Waals surface area contributed by atoms with Gasteiger partial charge in [-0.15, -0.1) is 0 Å². The monoisotopic (exact) mass is 416 g/mol. The van der Waals surface area contributed by atoms with E-state index in [1.165, 1.54) is 4.90 Å². The summed E-state index contributed by atoms with van der Waals surface area (Å²) in [6, 6.07) is 24.6. The fraction of sp³-hybridized carbons (Fsp3) is 0.0833. The van der Waals surface area contributed by atoms with Crippen molar-refractivity contribution in [3.8, 4) is 11.5 Å². The zero-order chi connectivity index (χ0) is 20.9. The molecule has 0 atom stereocenters. The predicted molar refractivity (Wildman–Crippen MR) is 121 cm³/mol. The SMILES string of the molecule is COc1ccc(/C=C2/NC(=S)N(c3ccccc3)C2=O)cc1COc1ccccc1. The molecule has 3 aromatic rings. The van der Waals surface area contributed by atoms with Crippen molar-refractivity contribution in [1.29, 1.82) is 0 Å². The number of nitrogens with one attached hydrogen (secondary N) is 1. The van der Waals surface area contributed by atoms with Gasteiger partial charge in [0.2, 0.25) is 0 Å². The maximum absolute atomic E-state index is 12.9. The molecule has 3 aromatic carbocycles. The van der Waals surface area contributed by atoms with Crippen molar-refractivity contribution in [2.45, 2.75) is 6.61 Å². The summed E-state index contributed by atoms with van der Waals surface area (Å²) >= 11 is 5.37. The van der Waals surface area contributed by atoms with E-state index in [0.29, 0.717) is 17.4 Å². The van der Waals surface area contributed by atoms with Gasteiger partial charge in [-0.05, 0) is 60.3 Å². The van der Waals surface area contributed by atoms with Crippen LogP contribution in [0.1, 0.15) is 11.1 Å². The van der Waals surface area contributed by atoms with Crippen molar-refractivity contribution >= 4 is 35.0 Å². The third-order valence-electron chi connectivity index (χ3n) is 4.65. The van der Waals surface area contributed by atoms with Crippen LogP contribution in [-0.4, -0.2) is 18.1 Å². The van der Waals surface area contributed by atoms with E-state index in [0.717, 1.165) is 28.3 Å².